The molecule has 0 radical (unpaired) electrons. The number of nitrogens with one attached hydrogen (secondary N) is 1. The first-order chi connectivity index (χ1) is 11.8. The molecule has 2 aromatic carbocycles. The minimum Gasteiger partial charge on any atom is -0.454 e. The zero-order chi connectivity index (χ0) is 16.4. The van der Waals surface area contributed by atoms with Gasteiger partial charge < -0.3 is 14.8 Å². The normalized spacial score (nSPS) is 12.2. The van der Waals surface area contributed by atoms with Gasteiger partial charge in [0.2, 0.25) is 6.79 Å². The number of rotatable bonds is 4. The van der Waals surface area contributed by atoms with Gasteiger partial charge in [-0.25, -0.2) is 0 Å². The van der Waals surface area contributed by atoms with E-state index in [1.165, 1.54) is 0 Å². The molecule has 2 heterocycles. The Bertz CT molecular complexity index is 875. The maximum Gasteiger partial charge on any atom is 0.255 e. The SMILES string of the molecule is O=C(Nc1cccc(Cn2cccn2)c1)c1ccc2c(c1)OCO2. The molecule has 1 aliphatic rings. The van der Waals surface area contributed by atoms with Gasteiger partial charge in [-0.2, -0.15) is 5.10 Å². The average Bonchev–Trinajstić information content (AvgIpc) is 3.25. The molecule has 120 valence electrons. The van der Waals surface area contributed by atoms with Crippen LogP contribution in [0.15, 0.2) is 60.9 Å². The second kappa shape index (κ2) is 6.08. The van der Waals surface area contributed by atoms with E-state index in [1.54, 1.807) is 24.4 Å². The van der Waals surface area contributed by atoms with Gasteiger partial charge in [0.05, 0.1) is 6.54 Å². The van der Waals surface area contributed by atoms with Gasteiger partial charge in [-0.3, -0.25) is 9.48 Å². The molecule has 6 nitrogen and oxygen atoms in total. The van der Waals surface area contributed by atoms with Crippen LogP contribution in [0.25, 0.3) is 0 Å². The lowest BCUT2D eigenvalue weighted by molar-refractivity contribution is 0.102. The number of nitrogens with zero attached hydrogens (tertiary/aromatic N) is 2. The smallest absolute Gasteiger partial charge is 0.255 e. The Hall–Kier alpha value is -3.28. The van der Waals surface area contributed by atoms with Crippen LogP contribution in [0.3, 0.4) is 0 Å². The molecule has 0 atom stereocenters. The molecule has 0 spiro atoms. The van der Waals surface area contributed by atoms with E-state index in [9.17, 15) is 4.79 Å². The molecule has 0 saturated carbocycles. The predicted molar refractivity (Wildman–Crippen MR) is 88.3 cm³/mol. The first kappa shape index (κ1) is 14.3. The topological polar surface area (TPSA) is 65.4 Å². The molecule has 24 heavy (non-hydrogen) atoms. The van der Waals surface area contributed by atoms with Gasteiger partial charge in [-0.05, 0) is 42.0 Å². The number of aromatic nitrogens is 2. The van der Waals surface area contributed by atoms with Crippen LogP contribution in [0.2, 0.25) is 0 Å². The van der Waals surface area contributed by atoms with Crippen LogP contribution in [0, 0.1) is 0 Å². The fourth-order valence-electron chi connectivity index (χ4n) is 2.57. The summed E-state index contributed by atoms with van der Waals surface area (Å²) in [6.45, 7) is 0.844. The quantitative estimate of drug-likeness (QED) is 0.802. The molecule has 1 aliphatic heterocycles. The van der Waals surface area contributed by atoms with Crippen molar-refractivity contribution >= 4 is 11.6 Å². The number of carbonyl (C=O) groups is 1. The third-order valence-electron chi connectivity index (χ3n) is 3.72. The Balaban J connectivity index is 1.49. The molecular weight excluding hydrogens is 306 g/mol. The molecule has 4 rings (SSSR count). The number of amides is 1. The fourth-order valence-corrected chi connectivity index (χ4v) is 2.57. The number of anilines is 1. The van der Waals surface area contributed by atoms with Crippen molar-refractivity contribution in [3.8, 4) is 11.5 Å². The van der Waals surface area contributed by atoms with Crippen LogP contribution in [-0.4, -0.2) is 22.5 Å². The maximum absolute atomic E-state index is 12.4. The van der Waals surface area contributed by atoms with Gasteiger partial charge in [-0.15, -0.1) is 0 Å². The first-order valence-electron chi connectivity index (χ1n) is 7.55. The van der Waals surface area contributed by atoms with Gasteiger partial charge in [0.15, 0.2) is 11.5 Å². The van der Waals surface area contributed by atoms with Gasteiger partial charge in [0, 0.05) is 23.6 Å². The lowest BCUT2D eigenvalue weighted by Crippen LogP contribution is -2.12. The van der Waals surface area contributed by atoms with Crippen molar-refractivity contribution in [1.82, 2.24) is 9.78 Å². The molecule has 0 saturated heterocycles. The summed E-state index contributed by atoms with van der Waals surface area (Å²) in [4.78, 5) is 12.4. The van der Waals surface area contributed by atoms with Crippen molar-refractivity contribution in [2.45, 2.75) is 6.54 Å². The monoisotopic (exact) mass is 321 g/mol. The van der Waals surface area contributed by atoms with E-state index in [4.69, 9.17) is 9.47 Å². The highest BCUT2D eigenvalue weighted by Gasteiger charge is 2.16. The molecule has 0 aliphatic carbocycles. The van der Waals surface area contributed by atoms with E-state index in [0.29, 0.717) is 23.6 Å². The molecular formula is C18H15N3O3. The maximum atomic E-state index is 12.4. The van der Waals surface area contributed by atoms with Gasteiger partial charge in [0.1, 0.15) is 0 Å². The first-order valence-corrected chi connectivity index (χ1v) is 7.55. The summed E-state index contributed by atoms with van der Waals surface area (Å²) in [6.07, 6.45) is 3.64. The third kappa shape index (κ3) is 2.94. The highest BCUT2D eigenvalue weighted by molar-refractivity contribution is 6.04. The Morgan fingerprint density at radius 1 is 1.12 bits per heavy atom. The summed E-state index contributed by atoms with van der Waals surface area (Å²) >= 11 is 0. The van der Waals surface area contributed by atoms with Crippen molar-refractivity contribution in [3.63, 3.8) is 0 Å². The van der Waals surface area contributed by atoms with E-state index in [2.05, 4.69) is 10.4 Å². The average molecular weight is 321 g/mol. The number of benzene rings is 2. The number of hydrogen-bond acceptors (Lipinski definition) is 4. The van der Waals surface area contributed by atoms with Crippen LogP contribution in [-0.2, 0) is 6.54 Å². The zero-order valence-corrected chi connectivity index (χ0v) is 12.8. The van der Waals surface area contributed by atoms with Gasteiger partial charge in [-0.1, -0.05) is 12.1 Å². The Morgan fingerprint density at radius 3 is 2.92 bits per heavy atom. The van der Waals surface area contributed by atoms with Crippen molar-refractivity contribution in [2.75, 3.05) is 12.1 Å². The Morgan fingerprint density at radius 2 is 2.04 bits per heavy atom. The molecule has 0 bridgehead atoms. The van der Waals surface area contributed by atoms with Crippen LogP contribution < -0.4 is 14.8 Å². The van der Waals surface area contributed by atoms with E-state index in [0.717, 1.165) is 11.3 Å². The standard InChI is InChI=1S/C18H15N3O3/c22-18(14-5-6-16-17(10-14)24-12-23-16)20-15-4-1-3-13(9-15)11-21-8-2-7-19-21/h1-10H,11-12H2,(H,20,22). The van der Waals surface area contributed by atoms with Crippen molar-refractivity contribution in [2.24, 2.45) is 0 Å². The van der Waals surface area contributed by atoms with E-state index in [-0.39, 0.29) is 12.7 Å². The van der Waals surface area contributed by atoms with Crippen molar-refractivity contribution in [3.05, 3.63) is 72.1 Å². The summed E-state index contributed by atoms with van der Waals surface area (Å²) in [7, 11) is 0. The van der Waals surface area contributed by atoms with Crippen molar-refractivity contribution < 1.29 is 14.3 Å². The summed E-state index contributed by atoms with van der Waals surface area (Å²) in [5.74, 6) is 1.06. The molecule has 1 N–H and O–H groups in total. The second-order valence-corrected chi connectivity index (χ2v) is 5.43. The number of ether oxygens (including phenoxy) is 2. The predicted octanol–water partition coefficient (Wildman–Crippen LogP) is 2.91. The summed E-state index contributed by atoms with van der Waals surface area (Å²) in [5, 5.41) is 7.09. The zero-order valence-electron chi connectivity index (χ0n) is 12.8. The second-order valence-electron chi connectivity index (χ2n) is 5.43. The van der Waals surface area contributed by atoms with E-state index < -0.39 is 0 Å². The minimum atomic E-state index is -0.190. The fraction of sp³-hybridized carbons (Fsp3) is 0.111. The van der Waals surface area contributed by atoms with Crippen LogP contribution in [0.5, 0.6) is 11.5 Å². The molecule has 1 amide bonds. The lowest BCUT2D eigenvalue weighted by Gasteiger charge is -2.08. The summed E-state index contributed by atoms with van der Waals surface area (Å²) < 4.78 is 12.4. The van der Waals surface area contributed by atoms with Crippen LogP contribution in [0.4, 0.5) is 5.69 Å². The highest BCUT2D eigenvalue weighted by Crippen LogP contribution is 2.32. The van der Waals surface area contributed by atoms with Crippen LogP contribution >= 0.6 is 0 Å². The number of carbonyl (C=O) groups excluding carboxylic acids is 1. The number of fused-ring (bicyclic) bond motifs is 1. The van der Waals surface area contributed by atoms with E-state index in [1.807, 2.05) is 41.2 Å². The van der Waals surface area contributed by atoms with Crippen molar-refractivity contribution in [1.29, 1.82) is 0 Å². The Labute approximate surface area is 138 Å². The van der Waals surface area contributed by atoms with E-state index >= 15 is 0 Å². The molecule has 3 aromatic rings. The Kier molecular flexibility index (Phi) is 3.63. The molecule has 0 unspecified atom stereocenters. The highest BCUT2D eigenvalue weighted by atomic mass is 16.7. The summed E-state index contributed by atoms with van der Waals surface area (Å²) in [6, 6.07) is 14.7. The third-order valence-corrected chi connectivity index (χ3v) is 3.72. The molecule has 6 heteroatoms. The number of hydrogen-bond donors (Lipinski definition) is 1. The largest absolute Gasteiger partial charge is 0.454 e. The van der Waals surface area contributed by atoms with Gasteiger partial charge in [0.25, 0.3) is 5.91 Å². The molecule has 0 fully saturated rings. The minimum absolute atomic E-state index is 0.190. The summed E-state index contributed by atoms with van der Waals surface area (Å²) in [5.41, 5.74) is 2.32. The van der Waals surface area contributed by atoms with Crippen LogP contribution in [0.1, 0.15) is 15.9 Å². The lowest BCUT2D eigenvalue weighted by atomic mass is 10.1. The van der Waals surface area contributed by atoms with Gasteiger partial charge >= 0.3 is 0 Å². The molecule has 1 aromatic heterocycles.